The molecule has 1 aliphatic rings. The maximum atomic E-state index is 10.1. The molecular weight excluding hydrogens is 332 g/mol. The first-order valence-electron chi connectivity index (χ1n) is 5.94. The Labute approximate surface area is 121 Å². The summed E-state index contributed by atoms with van der Waals surface area (Å²) in [5.74, 6) is 0.250. The molecule has 1 aliphatic heterocycles. The monoisotopic (exact) mass is 344 g/mol. The molecule has 9 heteroatoms. The van der Waals surface area contributed by atoms with Gasteiger partial charge in [-0.25, -0.2) is 0 Å². The fourth-order valence-corrected chi connectivity index (χ4v) is 3.04. The molecule has 1 fully saturated rings. The molecule has 0 aromatic carbocycles. The first kappa shape index (κ1) is 13.7. The number of nitrogens with two attached hydrogens (primary N) is 1. The van der Waals surface area contributed by atoms with Crippen LogP contribution in [0.1, 0.15) is 6.23 Å². The number of aromatic nitrogens is 3. The number of anilines is 1. The fourth-order valence-electron chi connectivity index (χ4n) is 2.41. The van der Waals surface area contributed by atoms with Gasteiger partial charge in [0.1, 0.15) is 18.3 Å². The largest absolute Gasteiger partial charge is 0.394 e. The van der Waals surface area contributed by atoms with Gasteiger partial charge in [-0.15, -0.1) is 5.10 Å². The first-order valence-corrected chi connectivity index (χ1v) is 6.73. The number of halogens is 1. The normalized spacial score (nSPS) is 30.2. The molecule has 0 amide bonds. The summed E-state index contributed by atoms with van der Waals surface area (Å²) in [5.41, 5.74) is 6.39. The minimum absolute atomic E-state index is 0.250. The van der Waals surface area contributed by atoms with Crippen molar-refractivity contribution in [1.82, 2.24) is 14.8 Å². The summed E-state index contributed by atoms with van der Waals surface area (Å²) in [6.45, 7) is -0.378. The second-order valence-corrected chi connectivity index (χ2v) is 5.46. The van der Waals surface area contributed by atoms with E-state index in [1.165, 1.54) is 6.20 Å². The lowest BCUT2D eigenvalue weighted by Gasteiger charge is -2.17. The van der Waals surface area contributed by atoms with Crippen molar-refractivity contribution >= 4 is 32.7 Å². The molecule has 4 atom stereocenters. The molecule has 4 unspecified atom stereocenters. The number of nitrogen functional groups attached to an aromatic ring is 1. The molecule has 0 bridgehead atoms. The summed E-state index contributed by atoms with van der Waals surface area (Å²) in [7, 11) is 0. The summed E-state index contributed by atoms with van der Waals surface area (Å²) >= 11 is 3.37. The average Bonchev–Trinajstić information content (AvgIpc) is 2.90. The summed E-state index contributed by atoms with van der Waals surface area (Å²) < 4.78 is 7.77. The van der Waals surface area contributed by atoms with E-state index in [1.54, 1.807) is 10.8 Å². The molecule has 3 heterocycles. The van der Waals surface area contributed by atoms with Crippen LogP contribution in [0.25, 0.3) is 10.9 Å². The Morgan fingerprint density at radius 1 is 1.40 bits per heavy atom. The highest BCUT2D eigenvalue weighted by atomic mass is 79.9. The number of aliphatic hydroxyl groups excluding tert-OH is 3. The van der Waals surface area contributed by atoms with Gasteiger partial charge in [-0.05, 0) is 15.9 Å². The van der Waals surface area contributed by atoms with Crippen LogP contribution < -0.4 is 5.73 Å². The van der Waals surface area contributed by atoms with Gasteiger partial charge >= 0.3 is 0 Å². The SMILES string of the molecule is Nc1nncc2c1c(Br)cn2C1OC(CO)C(O)C1O. The molecule has 108 valence electrons. The molecular formula is C11H13BrN4O4. The van der Waals surface area contributed by atoms with Crippen LogP contribution in [-0.4, -0.2) is 55.0 Å². The number of fused-ring (bicyclic) bond motifs is 1. The van der Waals surface area contributed by atoms with Crippen LogP contribution in [0.5, 0.6) is 0 Å². The number of hydrogen-bond acceptors (Lipinski definition) is 7. The smallest absolute Gasteiger partial charge is 0.163 e. The summed E-state index contributed by atoms with van der Waals surface area (Å²) in [4.78, 5) is 0. The number of ether oxygens (including phenoxy) is 1. The molecule has 0 spiro atoms. The van der Waals surface area contributed by atoms with E-state index < -0.39 is 24.5 Å². The predicted molar refractivity (Wildman–Crippen MR) is 72.6 cm³/mol. The molecule has 5 N–H and O–H groups in total. The third-order valence-corrected chi connectivity index (χ3v) is 4.02. The van der Waals surface area contributed by atoms with E-state index in [-0.39, 0.29) is 12.4 Å². The van der Waals surface area contributed by atoms with Crippen LogP contribution >= 0.6 is 15.9 Å². The second-order valence-electron chi connectivity index (χ2n) is 4.60. The zero-order valence-corrected chi connectivity index (χ0v) is 11.8. The number of aliphatic hydroxyl groups is 3. The number of nitrogens with zero attached hydrogens (tertiary/aromatic N) is 3. The van der Waals surface area contributed by atoms with E-state index in [0.29, 0.717) is 15.4 Å². The van der Waals surface area contributed by atoms with Gasteiger partial charge in [-0.2, -0.15) is 5.10 Å². The first-order chi connectivity index (χ1) is 9.54. The maximum Gasteiger partial charge on any atom is 0.163 e. The average molecular weight is 345 g/mol. The lowest BCUT2D eigenvalue weighted by molar-refractivity contribution is -0.0506. The highest BCUT2D eigenvalue weighted by Gasteiger charge is 2.43. The third-order valence-electron chi connectivity index (χ3n) is 3.42. The van der Waals surface area contributed by atoms with E-state index in [0.717, 1.165) is 0 Å². The molecule has 2 aromatic heterocycles. The fraction of sp³-hybridized carbons (Fsp3) is 0.455. The topological polar surface area (TPSA) is 127 Å². The highest BCUT2D eigenvalue weighted by Crippen LogP contribution is 2.36. The van der Waals surface area contributed by atoms with Crippen LogP contribution in [0.3, 0.4) is 0 Å². The minimum atomic E-state index is -1.16. The van der Waals surface area contributed by atoms with Gasteiger partial charge < -0.3 is 30.4 Å². The van der Waals surface area contributed by atoms with Gasteiger partial charge in [0, 0.05) is 10.7 Å². The van der Waals surface area contributed by atoms with Crippen molar-refractivity contribution in [3.63, 3.8) is 0 Å². The van der Waals surface area contributed by atoms with E-state index in [9.17, 15) is 10.2 Å². The standard InChI is InChI=1S/C11H13BrN4O4/c12-4-2-16(5-1-14-15-10(13)7(4)5)11-9(19)8(18)6(3-17)20-11/h1-2,6,8-9,11,17-19H,3H2,(H2,13,15). The zero-order valence-electron chi connectivity index (χ0n) is 10.2. The molecule has 8 nitrogen and oxygen atoms in total. The quantitative estimate of drug-likeness (QED) is 0.572. The lowest BCUT2D eigenvalue weighted by Crippen LogP contribution is -2.33. The molecule has 20 heavy (non-hydrogen) atoms. The van der Waals surface area contributed by atoms with E-state index >= 15 is 0 Å². The molecule has 1 saturated heterocycles. The maximum absolute atomic E-state index is 10.1. The summed E-state index contributed by atoms with van der Waals surface area (Å²) in [6, 6.07) is 0. The van der Waals surface area contributed by atoms with Crippen molar-refractivity contribution in [1.29, 1.82) is 0 Å². The number of hydrogen-bond donors (Lipinski definition) is 4. The van der Waals surface area contributed by atoms with Crippen LogP contribution in [0.15, 0.2) is 16.9 Å². The van der Waals surface area contributed by atoms with Crippen LogP contribution in [0.4, 0.5) is 5.82 Å². The Balaban J connectivity index is 2.10. The van der Waals surface area contributed by atoms with Crippen LogP contribution in [0.2, 0.25) is 0 Å². The molecule has 0 aliphatic carbocycles. The molecule has 3 rings (SSSR count). The minimum Gasteiger partial charge on any atom is -0.394 e. The van der Waals surface area contributed by atoms with Crippen molar-refractivity contribution in [3.8, 4) is 0 Å². The Hall–Kier alpha value is -1.26. The lowest BCUT2D eigenvalue weighted by atomic mass is 10.1. The van der Waals surface area contributed by atoms with Crippen LogP contribution in [0, 0.1) is 0 Å². The number of rotatable bonds is 2. The van der Waals surface area contributed by atoms with Gasteiger partial charge in [-0.1, -0.05) is 0 Å². The van der Waals surface area contributed by atoms with Gasteiger partial charge in [0.15, 0.2) is 12.0 Å². The van der Waals surface area contributed by atoms with Crippen LogP contribution in [-0.2, 0) is 4.74 Å². The Kier molecular flexibility index (Phi) is 3.38. The van der Waals surface area contributed by atoms with Crippen molar-refractivity contribution in [3.05, 3.63) is 16.9 Å². The van der Waals surface area contributed by atoms with E-state index in [4.69, 9.17) is 15.6 Å². The second kappa shape index (κ2) is 4.93. The summed E-state index contributed by atoms with van der Waals surface area (Å²) in [5, 5.41) is 37.2. The van der Waals surface area contributed by atoms with E-state index in [1.807, 2.05) is 0 Å². The van der Waals surface area contributed by atoms with E-state index in [2.05, 4.69) is 26.1 Å². The van der Waals surface area contributed by atoms with Crippen molar-refractivity contribution in [2.24, 2.45) is 0 Å². The van der Waals surface area contributed by atoms with Crippen molar-refractivity contribution in [2.75, 3.05) is 12.3 Å². The zero-order chi connectivity index (χ0) is 14.4. The molecule has 2 aromatic rings. The molecule has 0 saturated carbocycles. The Bertz CT molecular complexity index is 649. The third kappa shape index (κ3) is 1.90. The van der Waals surface area contributed by atoms with Crippen molar-refractivity contribution < 1.29 is 20.1 Å². The van der Waals surface area contributed by atoms with Crippen molar-refractivity contribution in [2.45, 2.75) is 24.5 Å². The van der Waals surface area contributed by atoms with Gasteiger partial charge in [-0.3, -0.25) is 0 Å². The highest BCUT2D eigenvalue weighted by molar-refractivity contribution is 9.10. The molecule has 0 radical (unpaired) electrons. The van der Waals surface area contributed by atoms with Gasteiger partial charge in [0.25, 0.3) is 0 Å². The summed E-state index contributed by atoms with van der Waals surface area (Å²) in [6.07, 6.45) is -0.828. The Morgan fingerprint density at radius 3 is 2.80 bits per heavy atom. The van der Waals surface area contributed by atoms with Gasteiger partial charge in [0.05, 0.1) is 23.7 Å². The Morgan fingerprint density at radius 2 is 2.15 bits per heavy atom. The predicted octanol–water partition coefficient (Wildman–Crippen LogP) is -0.613. The van der Waals surface area contributed by atoms with Gasteiger partial charge in [0.2, 0.25) is 0 Å².